The van der Waals surface area contributed by atoms with Gasteiger partial charge in [0.15, 0.2) is 0 Å². The molecule has 0 aliphatic rings. The maximum atomic E-state index is 3.43. The third-order valence-corrected chi connectivity index (χ3v) is 2.92. The standard InChI is InChI=1S/C11H26N2/c1-6-9-10(12-4)11(7-2)13(5)8-3/h10-12H,6-9H2,1-5H3. The van der Waals surface area contributed by atoms with E-state index in [4.69, 9.17) is 0 Å². The Hall–Kier alpha value is -0.0800. The first-order valence-corrected chi connectivity index (χ1v) is 5.58. The summed E-state index contributed by atoms with van der Waals surface area (Å²) in [5.41, 5.74) is 0. The largest absolute Gasteiger partial charge is 0.315 e. The van der Waals surface area contributed by atoms with Crippen molar-refractivity contribution in [1.29, 1.82) is 0 Å². The first-order chi connectivity index (χ1) is 6.21. The lowest BCUT2D eigenvalue weighted by atomic mass is 10.00. The summed E-state index contributed by atoms with van der Waals surface area (Å²) in [5, 5.41) is 3.43. The maximum Gasteiger partial charge on any atom is 0.0243 e. The summed E-state index contributed by atoms with van der Waals surface area (Å²) in [4.78, 5) is 2.44. The Morgan fingerprint density at radius 2 is 1.85 bits per heavy atom. The second-order valence-electron chi connectivity index (χ2n) is 3.73. The smallest absolute Gasteiger partial charge is 0.0243 e. The SMILES string of the molecule is CCCC(NC)C(CC)N(C)CC. The van der Waals surface area contributed by atoms with E-state index in [1.54, 1.807) is 0 Å². The molecule has 0 aromatic rings. The van der Waals surface area contributed by atoms with E-state index in [1.807, 2.05) is 0 Å². The van der Waals surface area contributed by atoms with Crippen molar-refractivity contribution in [2.75, 3.05) is 20.6 Å². The Morgan fingerprint density at radius 3 is 2.15 bits per heavy atom. The molecule has 0 radical (unpaired) electrons. The summed E-state index contributed by atoms with van der Waals surface area (Å²) < 4.78 is 0. The van der Waals surface area contributed by atoms with E-state index >= 15 is 0 Å². The fourth-order valence-electron chi connectivity index (χ4n) is 1.98. The zero-order valence-corrected chi connectivity index (χ0v) is 9.93. The van der Waals surface area contributed by atoms with Crippen LogP contribution in [0.2, 0.25) is 0 Å². The lowest BCUT2D eigenvalue weighted by Gasteiger charge is -2.33. The van der Waals surface area contributed by atoms with Crippen LogP contribution in [0.5, 0.6) is 0 Å². The summed E-state index contributed by atoms with van der Waals surface area (Å²) in [6, 6.07) is 1.34. The topological polar surface area (TPSA) is 15.3 Å². The van der Waals surface area contributed by atoms with Crippen LogP contribution in [0.15, 0.2) is 0 Å². The van der Waals surface area contributed by atoms with Crippen LogP contribution in [0.4, 0.5) is 0 Å². The average molecular weight is 186 g/mol. The number of hydrogen-bond donors (Lipinski definition) is 1. The van der Waals surface area contributed by atoms with Crippen LogP contribution in [0.3, 0.4) is 0 Å². The molecule has 0 spiro atoms. The molecule has 2 nitrogen and oxygen atoms in total. The highest BCUT2D eigenvalue weighted by molar-refractivity contribution is 4.80. The van der Waals surface area contributed by atoms with Crippen molar-refractivity contribution in [2.45, 2.75) is 52.1 Å². The number of hydrogen-bond acceptors (Lipinski definition) is 2. The van der Waals surface area contributed by atoms with Crippen molar-refractivity contribution >= 4 is 0 Å². The van der Waals surface area contributed by atoms with E-state index in [0.29, 0.717) is 12.1 Å². The van der Waals surface area contributed by atoms with Crippen molar-refractivity contribution in [3.8, 4) is 0 Å². The molecule has 0 aliphatic carbocycles. The Bertz CT molecular complexity index is 115. The fourth-order valence-corrected chi connectivity index (χ4v) is 1.98. The Balaban J connectivity index is 4.15. The second kappa shape index (κ2) is 7.34. The molecule has 0 bridgehead atoms. The van der Waals surface area contributed by atoms with Crippen molar-refractivity contribution in [3.63, 3.8) is 0 Å². The van der Waals surface area contributed by atoms with Gasteiger partial charge in [-0.15, -0.1) is 0 Å². The van der Waals surface area contributed by atoms with Gasteiger partial charge in [-0.05, 0) is 33.5 Å². The summed E-state index contributed by atoms with van der Waals surface area (Å²) in [6.45, 7) is 7.89. The highest BCUT2D eigenvalue weighted by Crippen LogP contribution is 2.11. The van der Waals surface area contributed by atoms with Crippen LogP contribution in [0.1, 0.15) is 40.0 Å². The first-order valence-electron chi connectivity index (χ1n) is 5.58. The number of nitrogens with one attached hydrogen (secondary N) is 1. The molecule has 1 N–H and O–H groups in total. The van der Waals surface area contributed by atoms with Crippen molar-refractivity contribution in [1.82, 2.24) is 10.2 Å². The van der Waals surface area contributed by atoms with Gasteiger partial charge < -0.3 is 10.2 Å². The predicted octanol–water partition coefficient (Wildman–Crippen LogP) is 2.10. The lowest BCUT2D eigenvalue weighted by Crippen LogP contribution is -2.47. The predicted molar refractivity (Wildman–Crippen MR) is 60.1 cm³/mol. The third-order valence-electron chi connectivity index (χ3n) is 2.92. The summed E-state index contributed by atoms with van der Waals surface area (Å²) in [7, 11) is 4.29. The molecular formula is C11H26N2. The quantitative estimate of drug-likeness (QED) is 0.655. The van der Waals surface area contributed by atoms with Crippen molar-refractivity contribution in [3.05, 3.63) is 0 Å². The Morgan fingerprint density at radius 1 is 1.23 bits per heavy atom. The van der Waals surface area contributed by atoms with Gasteiger partial charge in [0, 0.05) is 12.1 Å². The van der Waals surface area contributed by atoms with Gasteiger partial charge in [0.05, 0.1) is 0 Å². The minimum Gasteiger partial charge on any atom is -0.315 e. The highest BCUT2D eigenvalue weighted by atomic mass is 15.2. The molecule has 2 heteroatoms. The van der Waals surface area contributed by atoms with Gasteiger partial charge in [0.2, 0.25) is 0 Å². The van der Waals surface area contributed by atoms with Gasteiger partial charge in [-0.2, -0.15) is 0 Å². The molecule has 0 saturated carbocycles. The van der Waals surface area contributed by atoms with E-state index in [2.05, 4.69) is 45.1 Å². The van der Waals surface area contributed by atoms with E-state index in [9.17, 15) is 0 Å². The third kappa shape index (κ3) is 4.10. The molecule has 0 aliphatic heterocycles. The van der Waals surface area contributed by atoms with Crippen molar-refractivity contribution < 1.29 is 0 Å². The molecule has 2 atom stereocenters. The molecule has 0 rings (SSSR count). The number of rotatable bonds is 7. The van der Waals surface area contributed by atoms with Gasteiger partial charge >= 0.3 is 0 Å². The molecule has 0 saturated heterocycles. The summed E-state index contributed by atoms with van der Waals surface area (Å²) in [6.07, 6.45) is 3.77. The fraction of sp³-hybridized carbons (Fsp3) is 1.00. The van der Waals surface area contributed by atoms with Gasteiger partial charge in [-0.3, -0.25) is 0 Å². The van der Waals surface area contributed by atoms with Gasteiger partial charge in [-0.1, -0.05) is 27.2 Å². The Labute approximate surface area is 83.7 Å². The maximum absolute atomic E-state index is 3.43. The molecule has 0 heterocycles. The van der Waals surface area contributed by atoms with E-state index < -0.39 is 0 Å². The monoisotopic (exact) mass is 186 g/mol. The van der Waals surface area contributed by atoms with E-state index in [-0.39, 0.29) is 0 Å². The van der Waals surface area contributed by atoms with Gasteiger partial charge in [0.1, 0.15) is 0 Å². The van der Waals surface area contributed by atoms with Crippen LogP contribution in [-0.4, -0.2) is 37.6 Å². The van der Waals surface area contributed by atoms with Crippen LogP contribution in [0, 0.1) is 0 Å². The van der Waals surface area contributed by atoms with Gasteiger partial charge in [0.25, 0.3) is 0 Å². The molecule has 2 unspecified atom stereocenters. The van der Waals surface area contributed by atoms with Crippen LogP contribution < -0.4 is 5.32 Å². The number of likely N-dealkylation sites (N-methyl/N-ethyl adjacent to an activating group) is 2. The summed E-state index contributed by atoms with van der Waals surface area (Å²) in [5.74, 6) is 0. The average Bonchev–Trinajstić information content (AvgIpc) is 2.17. The van der Waals surface area contributed by atoms with E-state index in [0.717, 1.165) is 6.54 Å². The molecule has 80 valence electrons. The van der Waals surface area contributed by atoms with Crippen LogP contribution in [0.25, 0.3) is 0 Å². The molecule has 0 aromatic heterocycles. The minimum atomic E-state index is 0.653. The normalized spacial score (nSPS) is 16.2. The molecular weight excluding hydrogens is 160 g/mol. The highest BCUT2D eigenvalue weighted by Gasteiger charge is 2.20. The molecule has 13 heavy (non-hydrogen) atoms. The first kappa shape index (κ1) is 12.9. The second-order valence-corrected chi connectivity index (χ2v) is 3.73. The number of nitrogens with zero attached hydrogens (tertiary/aromatic N) is 1. The minimum absolute atomic E-state index is 0.653. The van der Waals surface area contributed by atoms with Crippen LogP contribution >= 0.6 is 0 Å². The molecule has 0 fully saturated rings. The summed E-state index contributed by atoms with van der Waals surface area (Å²) >= 11 is 0. The van der Waals surface area contributed by atoms with Crippen LogP contribution in [-0.2, 0) is 0 Å². The Kier molecular flexibility index (Phi) is 7.29. The van der Waals surface area contributed by atoms with Gasteiger partial charge in [-0.25, -0.2) is 0 Å². The lowest BCUT2D eigenvalue weighted by molar-refractivity contribution is 0.192. The van der Waals surface area contributed by atoms with E-state index in [1.165, 1.54) is 19.3 Å². The zero-order chi connectivity index (χ0) is 10.3. The zero-order valence-electron chi connectivity index (χ0n) is 9.93. The molecule has 0 amide bonds. The molecule has 0 aromatic carbocycles. The van der Waals surface area contributed by atoms with Crippen molar-refractivity contribution in [2.24, 2.45) is 0 Å².